The number of likely N-dealkylation sites (N-methyl/N-ethyl adjacent to an activating group) is 1. The van der Waals surface area contributed by atoms with Crippen LogP contribution in [0.25, 0.3) is 45.1 Å². The summed E-state index contributed by atoms with van der Waals surface area (Å²) in [4.78, 5) is 55.1. The van der Waals surface area contributed by atoms with Crippen LogP contribution in [0.15, 0.2) is 12.4 Å². The first-order valence-corrected chi connectivity index (χ1v) is 23.8. The highest BCUT2D eigenvalue weighted by molar-refractivity contribution is 6.29. The molecule has 4 aliphatic rings. The van der Waals surface area contributed by atoms with Crippen LogP contribution in [0, 0.1) is 25.7 Å². The van der Waals surface area contributed by atoms with Crippen LogP contribution >= 0.6 is 11.6 Å². The molecule has 10 rings (SSSR count). The van der Waals surface area contributed by atoms with Crippen LogP contribution in [0.2, 0.25) is 5.28 Å². The lowest BCUT2D eigenvalue weighted by molar-refractivity contribution is 0.122. The number of aromatic nitrogens is 12. The third-order valence-corrected chi connectivity index (χ3v) is 12.4. The molecule has 22 heteroatoms. The van der Waals surface area contributed by atoms with Crippen molar-refractivity contribution in [2.75, 3.05) is 122 Å². The zero-order chi connectivity index (χ0) is 47.2. The summed E-state index contributed by atoms with van der Waals surface area (Å²) < 4.78 is 15.4. The second-order valence-corrected chi connectivity index (χ2v) is 18.6. The molecule has 2 aliphatic heterocycles. The molecule has 0 radical (unpaired) electrons. The molecule has 21 nitrogen and oxygen atoms in total. The van der Waals surface area contributed by atoms with E-state index in [2.05, 4.69) is 63.2 Å². The molecule has 6 aromatic rings. The molecule has 4 fully saturated rings. The standard InChI is InChI=1S/C23H33N9O.C18H21ClN8O.C4H12N2/c1-15-17(13-25-23(24)26-15)20-28-21(31-9-11-33-12-10-31)19-22(29-20)32(14-16-6-7-16)18(27-19)5-4-8-30(2)3;1-10-12(8-21-18(20)22-10)14-24-15(26-4-6-28-7-5-26)13-16(25-14)27(17(19)23-13)9-11-2-3-11;1-6(2)4-3-5/h13,16H,4-12,14H2,1-3H3,(H2,24,25,26);8,11H,2-7,9H2,1H3,(H2,20,21,22);3-5H2,1-2H3. The molecule has 0 bridgehead atoms. The normalized spacial score (nSPS) is 16.4. The Hall–Kier alpha value is -5.45. The molecule has 2 aliphatic carbocycles. The van der Waals surface area contributed by atoms with Crippen molar-refractivity contribution < 1.29 is 9.47 Å². The highest BCUT2D eigenvalue weighted by atomic mass is 35.5. The topological polar surface area (TPSA) is 248 Å². The number of morpholine rings is 2. The summed E-state index contributed by atoms with van der Waals surface area (Å²) in [6.07, 6.45) is 10.4. The van der Waals surface area contributed by atoms with Crippen LogP contribution in [0.1, 0.15) is 49.3 Å². The van der Waals surface area contributed by atoms with E-state index in [1.165, 1.54) is 25.7 Å². The first-order valence-electron chi connectivity index (χ1n) is 23.4. The largest absolute Gasteiger partial charge is 0.378 e. The number of nitrogens with two attached hydrogens (primary N) is 3. The first kappa shape index (κ1) is 48.0. The van der Waals surface area contributed by atoms with Gasteiger partial charge >= 0.3 is 0 Å². The maximum atomic E-state index is 6.50. The average Bonchev–Trinajstić information content (AvgIpc) is 4.24. The van der Waals surface area contributed by atoms with Gasteiger partial charge < -0.3 is 50.8 Å². The van der Waals surface area contributed by atoms with E-state index in [1.54, 1.807) is 12.4 Å². The fraction of sp³-hybridized carbons (Fsp3) is 0.600. The van der Waals surface area contributed by atoms with Gasteiger partial charge in [-0.05, 0) is 104 Å². The molecule has 67 heavy (non-hydrogen) atoms. The number of ether oxygens (including phenoxy) is 2. The summed E-state index contributed by atoms with van der Waals surface area (Å²) in [6.45, 7) is 14.1. The van der Waals surface area contributed by atoms with E-state index in [-0.39, 0.29) is 11.9 Å². The van der Waals surface area contributed by atoms with Crippen LogP contribution in [-0.2, 0) is 29.0 Å². The van der Waals surface area contributed by atoms with Crippen LogP contribution in [0.4, 0.5) is 23.5 Å². The zero-order valence-corrected chi connectivity index (χ0v) is 40.6. The van der Waals surface area contributed by atoms with Gasteiger partial charge in [-0.2, -0.15) is 0 Å². The fourth-order valence-electron chi connectivity index (χ4n) is 8.11. The van der Waals surface area contributed by atoms with Gasteiger partial charge in [0.1, 0.15) is 5.82 Å². The molecule has 0 spiro atoms. The number of nitrogen functional groups attached to an aromatic ring is 2. The predicted molar refractivity (Wildman–Crippen MR) is 262 cm³/mol. The number of aryl methyl sites for hydroxylation is 3. The van der Waals surface area contributed by atoms with Crippen molar-refractivity contribution in [3.8, 4) is 22.8 Å². The minimum absolute atomic E-state index is 0.234. The second-order valence-electron chi connectivity index (χ2n) is 18.3. The molecule has 360 valence electrons. The minimum Gasteiger partial charge on any atom is -0.378 e. The molecule has 2 saturated carbocycles. The Bertz CT molecular complexity index is 2620. The Kier molecular flexibility index (Phi) is 15.5. The van der Waals surface area contributed by atoms with Gasteiger partial charge in [0.25, 0.3) is 0 Å². The summed E-state index contributed by atoms with van der Waals surface area (Å²) in [5, 5.41) is 0.452. The van der Waals surface area contributed by atoms with Gasteiger partial charge in [0, 0.05) is 71.2 Å². The van der Waals surface area contributed by atoms with Gasteiger partial charge in [-0.15, -0.1) is 0 Å². The quantitative estimate of drug-likeness (QED) is 0.132. The van der Waals surface area contributed by atoms with Gasteiger partial charge in [-0.3, -0.25) is 4.57 Å². The lowest BCUT2D eigenvalue weighted by Crippen LogP contribution is -2.37. The summed E-state index contributed by atoms with van der Waals surface area (Å²) in [6, 6.07) is 0. The SMILES string of the molecule is CN(C)CCN.Cc1nc(N)ncc1-c1nc(N2CCOCC2)c2nc(CCCN(C)C)n(CC3CC3)c2n1.Cc1nc(N)ncc1-c1nc(N2CCOCC2)c2nc(Cl)n(CC3CC3)c2n1. The Labute approximate surface area is 396 Å². The molecule has 0 atom stereocenters. The molecule has 0 amide bonds. The Morgan fingerprint density at radius 2 is 1.09 bits per heavy atom. The summed E-state index contributed by atoms with van der Waals surface area (Å²) >= 11 is 6.50. The highest BCUT2D eigenvalue weighted by Gasteiger charge is 2.30. The van der Waals surface area contributed by atoms with Crippen molar-refractivity contribution >= 4 is 57.5 Å². The van der Waals surface area contributed by atoms with Crippen molar-refractivity contribution in [1.29, 1.82) is 0 Å². The number of imidazole rings is 2. The van der Waals surface area contributed by atoms with Crippen molar-refractivity contribution in [3.63, 3.8) is 0 Å². The Balaban J connectivity index is 0.000000164. The van der Waals surface area contributed by atoms with Gasteiger partial charge in [-0.25, -0.2) is 49.8 Å². The van der Waals surface area contributed by atoms with Crippen LogP contribution in [0.3, 0.4) is 0 Å². The van der Waals surface area contributed by atoms with Crippen molar-refractivity contribution in [2.45, 2.75) is 65.5 Å². The molecular weight excluding hydrogens is 874 g/mol. The van der Waals surface area contributed by atoms with Gasteiger partial charge in [-0.1, -0.05) is 0 Å². The number of halogens is 1. The smallest absolute Gasteiger partial charge is 0.220 e. The van der Waals surface area contributed by atoms with Gasteiger partial charge in [0.05, 0.1) is 48.9 Å². The lowest BCUT2D eigenvalue weighted by Gasteiger charge is -2.28. The number of hydrogen-bond donors (Lipinski definition) is 3. The van der Waals surface area contributed by atoms with Crippen LogP contribution < -0.4 is 27.0 Å². The van der Waals surface area contributed by atoms with Crippen molar-refractivity contribution in [3.05, 3.63) is 34.9 Å². The van der Waals surface area contributed by atoms with Crippen LogP contribution in [-0.4, -0.2) is 169 Å². The summed E-state index contributed by atoms with van der Waals surface area (Å²) in [5.41, 5.74) is 23.0. The number of rotatable bonds is 14. The maximum absolute atomic E-state index is 6.50. The number of nitrogens with zero attached hydrogens (tertiary/aromatic N) is 16. The first-order chi connectivity index (χ1) is 32.4. The third kappa shape index (κ3) is 12.0. The van der Waals surface area contributed by atoms with E-state index < -0.39 is 0 Å². The van der Waals surface area contributed by atoms with Crippen LogP contribution in [0.5, 0.6) is 0 Å². The van der Waals surface area contributed by atoms with E-state index in [0.29, 0.717) is 55.2 Å². The zero-order valence-electron chi connectivity index (χ0n) is 39.8. The van der Waals surface area contributed by atoms with Gasteiger partial charge in [0.15, 0.2) is 45.6 Å². The van der Waals surface area contributed by atoms with E-state index in [4.69, 9.17) is 63.2 Å². The monoisotopic (exact) mass is 940 g/mol. The number of fused-ring (bicyclic) bond motifs is 2. The molecular formula is C45H66ClN19O2. The van der Waals surface area contributed by atoms with E-state index in [9.17, 15) is 0 Å². The predicted octanol–water partition coefficient (Wildman–Crippen LogP) is 3.50. The van der Waals surface area contributed by atoms with Crippen molar-refractivity contribution in [1.82, 2.24) is 68.8 Å². The van der Waals surface area contributed by atoms with Crippen molar-refractivity contribution in [2.24, 2.45) is 17.6 Å². The maximum Gasteiger partial charge on any atom is 0.220 e. The number of hydrogen-bond acceptors (Lipinski definition) is 19. The van der Waals surface area contributed by atoms with E-state index in [0.717, 1.165) is 134 Å². The minimum atomic E-state index is 0.234. The Morgan fingerprint density at radius 3 is 1.52 bits per heavy atom. The molecule has 6 N–H and O–H groups in total. The molecule has 6 aromatic heterocycles. The average molecular weight is 941 g/mol. The molecule has 0 unspecified atom stereocenters. The fourth-order valence-corrected chi connectivity index (χ4v) is 8.34. The molecule has 0 aromatic carbocycles. The van der Waals surface area contributed by atoms with E-state index in [1.807, 2.05) is 32.5 Å². The summed E-state index contributed by atoms with van der Waals surface area (Å²) in [5.74, 6) is 5.77. The van der Waals surface area contributed by atoms with E-state index >= 15 is 0 Å². The highest BCUT2D eigenvalue weighted by Crippen LogP contribution is 2.37. The molecule has 2 saturated heterocycles. The second kappa shape index (κ2) is 21.7. The number of anilines is 4. The summed E-state index contributed by atoms with van der Waals surface area (Å²) in [7, 11) is 8.23. The molecule has 8 heterocycles. The third-order valence-electron chi connectivity index (χ3n) is 12.1. The van der Waals surface area contributed by atoms with Gasteiger partial charge in [0.2, 0.25) is 17.2 Å². The Morgan fingerprint density at radius 1 is 0.627 bits per heavy atom. The lowest BCUT2D eigenvalue weighted by atomic mass is 10.2.